The highest BCUT2D eigenvalue weighted by Gasteiger charge is 2.20. The average Bonchev–Trinajstić information content (AvgIpc) is 2.29. The molecular weight excluding hydrogens is 176 g/mol. The van der Waals surface area contributed by atoms with Crippen molar-refractivity contribution in [3.8, 4) is 0 Å². The van der Waals surface area contributed by atoms with Crippen molar-refractivity contribution in [3.05, 3.63) is 0 Å². The summed E-state index contributed by atoms with van der Waals surface area (Å²) in [6.07, 6.45) is 0. The van der Waals surface area contributed by atoms with Crippen LogP contribution in [-0.4, -0.2) is 65.4 Å². The van der Waals surface area contributed by atoms with E-state index in [-0.39, 0.29) is 0 Å². The molecule has 2 heterocycles. The van der Waals surface area contributed by atoms with Gasteiger partial charge in [0.1, 0.15) is 65.4 Å². The summed E-state index contributed by atoms with van der Waals surface area (Å²) in [6.45, 7) is 13.7. The second-order valence-corrected chi connectivity index (χ2v) is 4.73. The number of nitrogens with two attached hydrogens (primary N) is 2. The molecule has 0 aliphatic carbocycles. The first-order chi connectivity index (χ1) is 6.95. The average molecular weight is 202 g/mol. The molecule has 0 atom stereocenters. The molecule has 2 aliphatic rings. The Hall–Kier alpha value is -0.160. The van der Waals surface area contributed by atoms with Gasteiger partial charge in [0.25, 0.3) is 0 Å². The van der Waals surface area contributed by atoms with Crippen LogP contribution in [0.4, 0.5) is 0 Å². The lowest BCUT2D eigenvalue weighted by Crippen LogP contribution is -3.26. The van der Waals surface area contributed by atoms with Crippen LogP contribution in [0.5, 0.6) is 0 Å². The molecule has 4 nitrogen and oxygen atoms in total. The zero-order chi connectivity index (χ0) is 9.64. The molecule has 0 aromatic heterocycles. The zero-order valence-electron chi connectivity index (χ0n) is 9.23. The largest absolute Gasteiger partial charge is 0.337 e. The van der Waals surface area contributed by atoms with Gasteiger partial charge >= 0.3 is 0 Å². The minimum atomic E-state index is 1.35. The lowest BCUT2D eigenvalue weighted by atomic mass is 10.3. The van der Waals surface area contributed by atoms with Gasteiger partial charge in [-0.25, -0.2) is 0 Å². The number of nitrogens with one attached hydrogen (secondary N) is 2. The Morgan fingerprint density at radius 1 is 0.643 bits per heavy atom. The van der Waals surface area contributed by atoms with Crippen LogP contribution in [0.1, 0.15) is 0 Å². The van der Waals surface area contributed by atoms with E-state index in [1.165, 1.54) is 65.4 Å². The molecule has 0 bridgehead atoms. The van der Waals surface area contributed by atoms with Gasteiger partial charge in [0.15, 0.2) is 0 Å². The minimum Gasteiger partial charge on any atom is -0.337 e. The molecule has 0 aromatic rings. The van der Waals surface area contributed by atoms with Crippen molar-refractivity contribution in [1.29, 1.82) is 0 Å². The van der Waals surface area contributed by atoms with Crippen molar-refractivity contribution in [2.24, 2.45) is 0 Å². The first-order valence-electron chi connectivity index (χ1n) is 6.25. The number of hydrogen-bond donors (Lipinski definition) is 4. The third-order valence-electron chi connectivity index (χ3n) is 3.64. The van der Waals surface area contributed by atoms with Crippen LogP contribution >= 0.6 is 0 Å². The summed E-state index contributed by atoms with van der Waals surface area (Å²) in [7, 11) is 0. The summed E-state index contributed by atoms with van der Waals surface area (Å²) in [6, 6.07) is 0. The summed E-state index contributed by atoms with van der Waals surface area (Å²) in [5, 5.41) is 4.90. The van der Waals surface area contributed by atoms with E-state index in [1.54, 1.807) is 0 Å². The molecule has 0 aromatic carbocycles. The van der Waals surface area contributed by atoms with Gasteiger partial charge in [-0.15, -0.1) is 0 Å². The van der Waals surface area contributed by atoms with E-state index in [0.717, 1.165) is 0 Å². The number of piperazine rings is 2. The van der Waals surface area contributed by atoms with Crippen molar-refractivity contribution in [2.75, 3.05) is 65.4 Å². The van der Waals surface area contributed by atoms with Crippen LogP contribution in [0.2, 0.25) is 0 Å². The second-order valence-electron chi connectivity index (χ2n) is 4.73. The van der Waals surface area contributed by atoms with Gasteiger partial charge in [-0.2, -0.15) is 0 Å². The Morgan fingerprint density at radius 3 is 1.36 bits per heavy atom. The number of rotatable bonds is 3. The first kappa shape index (κ1) is 10.4. The molecule has 2 saturated heterocycles. The molecule has 6 N–H and O–H groups in total. The molecule has 0 unspecified atom stereocenters. The Morgan fingerprint density at radius 2 is 1.00 bits per heavy atom. The van der Waals surface area contributed by atoms with Gasteiger partial charge < -0.3 is 20.4 Å². The zero-order valence-corrected chi connectivity index (χ0v) is 9.23. The number of hydrogen-bond acceptors (Lipinski definition) is 0. The van der Waals surface area contributed by atoms with Gasteiger partial charge in [-0.1, -0.05) is 0 Å². The molecule has 0 radical (unpaired) electrons. The Bertz CT molecular complexity index is 132. The quantitative estimate of drug-likeness (QED) is 0.352. The summed E-state index contributed by atoms with van der Waals surface area (Å²) in [5.41, 5.74) is 0. The third kappa shape index (κ3) is 3.20. The Labute approximate surface area is 86.6 Å². The van der Waals surface area contributed by atoms with E-state index in [4.69, 9.17) is 0 Å². The fraction of sp³-hybridized carbons (Fsp3) is 1.00. The molecule has 4 heteroatoms. The molecule has 0 saturated carbocycles. The molecular formula is C10H26N4+4. The fourth-order valence-electron chi connectivity index (χ4n) is 2.62. The van der Waals surface area contributed by atoms with Crippen LogP contribution in [0.15, 0.2) is 0 Å². The second kappa shape index (κ2) is 5.66. The van der Waals surface area contributed by atoms with Crippen molar-refractivity contribution >= 4 is 0 Å². The minimum absolute atomic E-state index is 1.35. The highest BCUT2D eigenvalue weighted by atomic mass is 15.2. The summed E-state index contributed by atoms with van der Waals surface area (Å²) >= 11 is 0. The van der Waals surface area contributed by atoms with E-state index >= 15 is 0 Å². The van der Waals surface area contributed by atoms with E-state index in [9.17, 15) is 0 Å². The van der Waals surface area contributed by atoms with Gasteiger partial charge in [-0.3, -0.25) is 0 Å². The predicted molar refractivity (Wildman–Crippen MR) is 54.4 cm³/mol. The van der Waals surface area contributed by atoms with Crippen LogP contribution in [-0.2, 0) is 0 Å². The standard InChI is InChI=1S/C10H22N4/c1-5-13(6-2-11-1)9-10-14-7-3-12-4-8-14/h11-12H,1-10H2/p+4. The molecule has 0 spiro atoms. The van der Waals surface area contributed by atoms with Gasteiger partial charge in [0.2, 0.25) is 0 Å². The monoisotopic (exact) mass is 202 g/mol. The fourth-order valence-corrected chi connectivity index (χ4v) is 2.62. The third-order valence-corrected chi connectivity index (χ3v) is 3.64. The van der Waals surface area contributed by atoms with E-state index in [1.807, 2.05) is 9.80 Å². The van der Waals surface area contributed by atoms with Gasteiger partial charge in [-0.05, 0) is 0 Å². The van der Waals surface area contributed by atoms with Crippen molar-refractivity contribution in [1.82, 2.24) is 0 Å². The SMILES string of the molecule is C1C[NH+](CC[NH+]2CC[NH2+]CC2)CC[NH2+]1. The topological polar surface area (TPSA) is 42.1 Å². The lowest BCUT2D eigenvalue weighted by Gasteiger charge is -2.26. The van der Waals surface area contributed by atoms with E-state index in [0.29, 0.717) is 0 Å². The van der Waals surface area contributed by atoms with Crippen LogP contribution < -0.4 is 20.4 Å². The molecule has 82 valence electrons. The van der Waals surface area contributed by atoms with Crippen molar-refractivity contribution < 1.29 is 20.4 Å². The van der Waals surface area contributed by atoms with Crippen LogP contribution in [0, 0.1) is 0 Å². The smallest absolute Gasteiger partial charge is 0.127 e. The van der Waals surface area contributed by atoms with Crippen LogP contribution in [0.3, 0.4) is 0 Å². The number of quaternary nitrogens is 4. The maximum absolute atomic E-state index is 2.45. The first-order valence-corrected chi connectivity index (χ1v) is 6.25. The predicted octanol–water partition coefficient (Wildman–Crippen LogP) is -6.09. The van der Waals surface area contributed by atoms with Crippen molar-refractivity contribution in [2.45, 2.75) is 0 Å². The maximum atomic E-state index is 2.45. The Kier molecular flexibility index (Phi) is 4.19. The molecule has 2 fully saturated rings. The van der Waals surface area contributed by atoms with E-state index in [2.05, 4.69) is 10.6 Å². The summed E-state index contributed by atoms with van der Waals surface area (Å²) in [4.78, 5) is 3.68. The molecule has 2 aliphatic heterocycles. The molecule has 0 amide bonds. The van der Waals surface area contributed by atoms with Crippen LogP contribution in [0.25, 0.3) is 0 Å². The normalized spacial score (nSPS) is 26.6. The summed E-state index contributed by atoms with van der Waals surface area (Å²) in [5.74, 6) is 0. The molecule has 14 heavy (non-hydrogen) atoms. The summed E-state index contributed by atoms with van der Waals surface area (Å²) < 4.78 is 0. The highest BCUT2D eigenvalue weighted by Crippen LogP contribution is 1.56. The maximum Gasteiger partial charge on any atom is 0.127 e. The van der Waals surface area contributed by atoms with Gasteiger partial charge in [0, 0.05) is 0 Å². The van der Waals surface area contributed by atoms with E-state index < -0.39 is 0 Å². The van der Waals surface area contributed by atoms with Crippen molar-refractivity contribution in [3.63, 3.8) is 0 Å². The highest BCUT2D eigenvalue weighted by molar-refractivity contribution is 4.37. The van der Waals surface area contributed by atoms with Gasteiger partial charge in [0.05, 0.1) is 0 Å². The molecule has 2 rings (SSSR count). The lowest BCUT2D eigenvalue weighted by molar-refractivity contribution is -0.994. The Balaban J connectivity index is 1.60.